The molecule has 7 nitrogen and oxygen atoms in total. The van der Waals surface area contributed by atoms with Crippen molar-refractivity contribution >= 4 is 11.7 Å². The molecule has 1 aromatic heterocycles. The van der Waals surface area contributed by atoms with E-state index in [1.54, 1.807) is 12.3 Å². The van der Waals surface area contributed by atoms with Crippen LogP contribution < -0.4 is 10.2 Å². The molecule has 0 unspecified atom stereocenters. The van der Waals surface area contributed by atoms with Crippen LogP contribution in [0, 0.1) is 0 Å². The molecule has 2 N–H and O–H groups in total. The van der Waals surface area contributed by atoms with Crippen molar-refractivity contribution in [3.8, 4) is 5.75 Å². The summed E-state index contributed by atoms with van der Waals surface area (Å²) in [6.07, 6.45) is 4.52. The van der Waals surface area contributed by atoms with Gasteiger partial charge in [-0.05, 0) is 24.6 Å². The number of hydrogen-bond acceptors (Lipinski definition) is 4. The first kappa shape index (κ1) is 16.2. The molecule has 24 heavy (non-hydrogen) atoms. The van der Waals surface area contributed by atoms with E-state index in [2.05, 4.69) is 15.3 Å². The third-order valence-corrected chi connectivity index (χ3v) is 4.19. The molecule has 128 valence electrons. The highest BCUT2D eigenvalue weighted by Crippen LogP contribution is 2.27. The highest BCUT2D eigenvalue weighted by Gasteiger charge is 2.22. The van der Waals surface area contributed by atoms with E-state index >= 15 is 0 Å². The number of aromatic hydroxyl groups is 1. The molecule has 0 aliphatic carbocycles. The molecule has 0 atom stereocenters. The number of carbonyl (C=O) groups is 1. The van der Waals surface area contributed by atoms with E-state index in [0.717, 1.165) is 31.7 Å². The number of benzene rings is 1. The number of urea groups is 1. The molecule has 1 saturated heterocycles. The molecule has 7 heteroatoms. The zero-order valence-electron chi connectivity index (χ0n) is 13.6. The van der Waals surface area contributed by atoms with Gasteiger partial charge < -0.3 is 20.2 Å². The summed E-state index contributed by atoms with van der Waals surface area (Å²) >= 11 is 0. The fourth-order valence-electron chi connectivity index (χ4n) is 2.86. The molecule has 0 radical (unpaired) electrons. The minimum absolute atomic E-state index is 0.0209. The summed E-state index contributed by atoms with van der Waals surface area (Å²) in [4.78, 5) is 16.1. The Morgan fingerprint density at radius 2 is 1.96 bits per heavy atom. The Balaban J connectivity index is 1.39. The molecule has 1 aliphatic heterocycles. The van der Waals surface area contributed by atoms with Gasteiger partial charge in [0.15, 0.2) is 0 Å². The van der Waals surface area contributed by atoms with Gasteiger partial charge in [0.25, 0.3) is 0 Å². The van der Waals surface area contributed by atoms with Crippen LogP contribution in [0.5, 0.6) is 5.75 Å². The summed E-state index contributed by atoms with van der Waals surface area (Å²) < 4.78 is 1.86. The first-order valence-electron chi connectivity index (χ1n) is 8.27. The van der Waals surface area contributed by atoms with Gasteiger partial charge in [-0.25, -0.2) is 4.79 Å². The molecule has 1 fully saturated rings. The maximum absolute atomic E-state index is 12.2. The first-order chi connectivity index (χ1) is 11.7. The average molecular weight is 329 g/mol. The number of carbonyl (C=O) groups excluding carboxylic acids is 1. The maximum Gasteiger partial charge on any atom is 0.317 e. The van der Waals surface area contributed by atoms with Gasteiger partial charge >= 0.3 is 6.03 Å². The van der Waals surface area contributed by atoms with Crippen LogP contribution in [0.15, 0.2) is 42.7 Å². The number of phenolic OH excluding ortho intramolecular Hbond substituents is 1. The Morgan fingerprint density at radius 1 is 1.17 bits per heavy atom. The SMILES string of the molecule is O=C(NCCCn1cccn1)N1CCN(c2ccccc2O)CC1. The molecule has 2 heterocycles. The van der Waals surface area contributed by atoms with Gasteiger partial charge in [-0.3, -0.25) is 4.68 Å². The van der Waals surface area contributed by atoms with Gasteiger partial charge in [0.2, 0.25) is 0 Å². The molecule has 1 aromatic carbocycles. The second kappa shape index (κ2) is 7.72. The highest BCUT2D eigenvalue weighted by atomic mass is 16.3. The van der Waals surface area contributed by atoms with E-state index in [1.807, 2.05) is 40.0 Å². The summed E-state index contributed by atoms with van der Waals surface area (Å²) in [6, 6.07) is 9.18. The van der Waals surface area contributed by atoms with Crippen molar-refractivity contribution in [2.45, 2.75) is 13.0 Å². The van der Waals surface area contributed by atoms with Gasteiger partial charge in [-0.15, -0.1) is 0 Å². The number of nitrogens with zero attached hydrogens (tertiary/aromatic N) is 4. The molecule has 0 spiro atoms. The van der Waals surface area contributed by atoms with Gasteiger partial charge in [-0.2, -0.15) is 5.10 Å². The molecular formula is C17H23N5O2. The number of rotatable bonds is 5. The zero-order chi connectivity index (χ0) is 16.8. The van der Waals surface area contributed by atoms with Crippen molar-refractivity contribution < 1.29 is 9.90 Å². The summed E-state index contributed by atoms with van der Waals surface area (Å²) in [5, 5.41) is 17.0. The molecular weight excluding hydrogens is 306 g/mol. The number of phenols is 1. The Bertz CT molecular complexity index is 651. The molecule has 2 amide bonds. The fraction of sp³-hybridized carbons (Fsp3) is 0.412. The van der Waals surface area contributed by atoms with Gasteiger partial charge in [0, 0.05) is 51.7 Å². The number of hydrogen-bond donors (Lipinski definition) is 2. The average Bonchev–Trinajstić information content (AvgIpc) is 3.13. The van der Waals surface area contributed by atoms with Crippen molar-refractivity contribution in [3.63, 3.8) is 0 Å². The van der Waals surface area contributed by atoms with Crippen LogP contribution in [-0.2, 0) is 6.54 Å². The minimum Gasteiger partial charge on any atom is -0.506 e. The summed E-state index contributed by atoms with van der Waals surface area (Å²) in [6.45, 7) is 4.18. The fourth-order valence-corrected chi connectivity index (χ4v) is 2.86. The van der Waals surface area contributed by atoms with Crippen molar-refractivity contribution in [1.29, 1.82) is 0 Å². The number of piperazine rings is 1. The minimum atomic E-state index is -0.0209. The standard InChI is InChI=1S/C17H23N5O2/c23-16-6-2-1-5-15(16)20-11-13-21(14-12-20)17(24)18-7-3-9-22-10-4-8-19-22/h1-2,4-6,8,10,23H,3,7,9,11-14H2,(H,18,24). The molecule has 1 aliphatic rings. The number of anilines is 1. The smallest absolute Gasteiger partial charge is 0.317 e. The lowest BCUT2D eigenvalue weighted by molar-refractivity contribution is 0.194. The number of para-hydroxylation sites is 2. The first-order valence-corrected chi connectivity index (χ1v) is 8.27. The Kier molecular flexibility index (Phi) is 5.20. The van der Waals surface area contributed by atoms with E-state index in [0.29, 0.717) is 19.6 Å². The number of aromatic nitrogens is 2. The molecule has 3 rings (SSSR count). The predicted octanol–water partition coefficient (Wildman–Crippen LogP) is 1.51. The zero-order valence-corrected chi connectivity index (χ0v) is 13.6. The third kappa shape index (κ3) is 3.98. The van der Waals surface area contributed by atoms with E-state index in [-0.39, 0.29) is 11.8 Å². The van der Waals surface area contributed by atoms with Gasteiger partial charge in [-0.1, -0.05) is 12.1 Å². The number of amides is 2. The topological polar surface area (TPSA) is 73.6 Å². The van der Waals surface area contributed by atoms with Gasteiger partial charge in [0.1, 0.15) is 5.75 Å². The van der Waals surface area contributed by atoms with E-state index in [4.69, 9.17) is 0 Å². The monoisotopic (exact) mass is 329 g/mol. The number of aryl methyl sites for hydroxylation is 1. The van der Waals surface area contributed by atoms with Crippen LogP contribution in [0.2, 0.25) is 0 Å². The van der Waals surface area contributed by atoms with Crippen LogP contribution in [0.4, 0.5) is 10.5 Å². The van der Waals surface area contributed by atoms with E-state index in [9.17, 15) is 9.90 Å². The molecule has 2 aromatic rings. The number of nitrogens with one attached hydrogen (secondary N) is 1. The van der Waals surface area contributed by atoms with Crippen LogP contribution >= 0.6 is 0 Å². The Morgan fingerprint density at radius 3 is 2.67 bits per heavy atom. The quantitative estimate of drug-likeness (QED) is 0.816. The van der Waals surface area contributed by atoms with Crippen LogP contribution in [-0.4, -0.2) is 58.5 Å². The largest absolute Gasteiger partial charge is 0.506 e. The summed E-state index contributed by atoms with van der Waals surface area (Å²) in [7, 11) is 0. The van der Waals surface area contributed by atoms with Crippen molar-refractivity contribution in [3.05, 3.63) is 42.7 Å². The predicted molar refractivity (Wildman–Crippen MR) is 92.1 cm³/mol. The normalized spacial score (nSPS) is 14.7. The van der Waals surface area contributed by atoms with Crippen LogP contribution in [0.1, 0.15) is 6.42 Å². The van der Waals surface area contributed by atoms with Crippen LogP contribution in [0.3, 0.4) is 0 Å². The highest BCUT2D eigenvalue weighted by molar-refractivity contribution is 5.74. The second-order valence-electron chi connectivity index (χ2n) is 5.82. The third-order valence-electron chi connectivity index (χ3n) is 4.19. The summed E-state index contributed by atoms with van der Waals surface area (Å²) in [5.74, 6) is 0.286. The van der Waals surface area contributed by atoms with Crippen molar-refractivity contribution in [2.24, 2.45) is 0 Å². The lowest BCUT2D eigenvalue weighted by atomic mass is 10.2. The van der Waals surface area contributed by atoms with Crippen molar-refractivity contribution in [2.75, 3.05) is 37.6 Å². The molecule has 0 saturated carbocycles. The van der Waals surface area contributed by atoms with E-state index in [1.165, 1.54) is 0 Å². The lowest BCUT2D eigenvalue weighted by Gasteiger charge is -2.36. The maximum atomic E-state index is 12.2. The van der Waals surface area contributed by atoms with Crippen molar-refractivity contribution in [1.82, 2.24) is 20.0 Å². The lowest BCUT2D eigenvalue weighted by Crippen LogP contribution is -2.52. The van der Waals surface area contributed by atoms with Gasteiger partial charge in [0.05, 0.1) is 5.69 Å². The van der Waals surface area contributed by atoms with Crippen LogP contribution in [0.25, 0.3) is 0 Å². The Labute approximate surface area is 141 Å². The second-order valence-corrected chi connectivity index (χ2v) is 5.82. The van der Waals surface area contributed by atoms with E-state index < -0.39 is 0 Å². The molecule has 0 bridgehead atoms. The Hall–Kier alpha value is -2.70. The summed E-state index contributed by atoms with van der Waals surface area (Å²) in [5.41, 5.74) is 0.830.